The number of carboxylic acids is 1. The van der Waals surface area contributed by atoms with Crippen LogP contribution in [0.1, 0.15) is 6.92 Å². The smallest absolute Gasteiger partial charge is 0.313 e. The number of carbonyl (C=O) groups is 2. The van der Waals surface area contributed by atoms with Crippen LogP contribution in [0.25, 0.3) is 0 Å². The Kier molecular flexibility index (Phi) is 5.31. The largest absolute Gasteiger partial charge is 0.481 e. The normalized spacial score (nSPS) is 21.4. The summed E-state index contributed by atoms with van der Waals surface area (Å²) in [6.45, 7) is 2.82. The highest BCUT2D eigenvalue weighted by Gasteiger charge is 2.23. The van der Waals surface area contributed by atoms with Crippen molar-refractivity contribution >= 4 is 35.4 Å². The summed E-state index contributed by atoms with van der Waals surface area (Å²) >= 11 is 3.03. The number of nitrogens with zero attached hydrogens (tertiary/aromatic N) is 1. The first-order valence-electron chi connectivity index (χ1n) is 4.78. The van der Waals surface area contributed by atoms with Gasteiger partial charge in [0, 0.05) is 24.1 Å². The maximum absolute atomic E-state index is 11.7. The number of carboxylic acid groups (broad SMARTS) is 1. The van der Waals surface area contributed by atoms with Gasteiger partial charge in [0.25, 0.3) is 0 Å². The van der Waals surface area contributed by atoms with Crippen molar-refractivity contribution in [2.75, 3.05) is 29.6 Å². The molecule has 86 valence electrons. The van der Waals surface area contributed by atoms with Gasteiger partial charge in [-0.1, -0.05) is 0 Å². The molecular weight excluding hydrogens is 234 g/mol. The quantitative estimate of drug-likeness (QED) is 0.797. The molecule has 1 heterocycles. The Morgan fingerprint density at radius 1 is 1.53 bits per heavy atom. The minimum atomic E-state index is -0.866. The predicted octanol–water partition coefficient (Wildman–Crippen LogP) is 0.768. The van der Waals surface area contributed by atoms with Crippen LogP contribution in [0.4, 0.5) is 0 Å². The van der Waals surface area contributed by atoms with Gasteiger partial charge in [-0.2, -0.15) is 11.8 Å². The van der Waals surface area contributed by atoms with E-state index < -0.39 is 5.97 Å². The van der Waals surface area contributed by atoms with E-state index in [9.17, 15) is 9.59 Å². The average molecular weight is 249 g/mol. The van der Waals surface area contributed by atoms with E-state index in [0.717, 1.165) is 18.1 Å². The molecule has 15 heavy (non-hydrogen) atoms. The highest BCUT2D eigenvalue weighted by Crippen LogP contribution is 2.17. The van der Waals surface area contributed by atoms with Crippen molar-refractivity contribution in [2.45, 2.75) is 13.0 Å². The zero-order chi connectivity index (χ0) is 11.3. The number of hydrogen-bond acceptors (Lipinski definition) is 4. The van der Waals surface area contributed by atoms with E-state index in [0.29, 0.717) is 0 Å². The molecule has 1 aliphatic heterocycles. The van der Waals surface area contributed by atoms with Gasteiger partial charge >= 0.3 is 5.97 Å². The van der Waals surface area contributed by atoms with Crippen molar-refractivity contribution in [3.8, 4) is 0 Å². The van der Waals surface area contributed by atoms with Crippen LogP contribution in [-0.2, 0) is 9.59 Å². The Labute approximate surface area is 97.8 Å². The van der Waals surface area contributed by atoms with Crippen LogP contribution in [0.15, 0.2) is 0 Å². The Balaban J connectivity index is 2.29. The maximum atomic E-state index is 11.7. The first-order valence-corrected chi connectivity index (χ1v) is 7.09. The van der Waals surface area contributed by atoms with Crippen LogP contribution in [0.2, 0.25) is 0 Å². The molecule has 0 aromatic heterocycles. The van der Waals surface area contributed by atoms with Crippen molar-refractivity contribution in [1.29, 1.82) is 0 Å². The lowest BCUT2D eigenvalue weighted by molar-refractivity contribution is -0.133. The molecule has 0 aromatic carbocycles. The highest BCUT2D eigenvalue weighted by atomic mass is 32.2. The SMILES string of the molecule is CC1CSCCN1C(=O)CSCC(=O)O. The molecule has 1 saturated heterocycles. The molecule has 0 saturated carbocycles. The van der Waals surface area contributed by atoms with Gasteiger partial charge in [0.05, 0.1) is 11.5 Å². The third kappa shape index (κ3) is 4.34. The van der Waals surface area contributed by atoms with E-state index in [1.165, 1.54) is 11.8 Å². The van der Waals surface area contributed by atoms with Gasteiger partial charge in [0.2, 0.25) is 5.91 Å². The monoisotopic (exact) mass is 249 g/mol. The molecule has 4 nitrogen and oxygen atoms in total. The molecule has 1 unspecified atom stereocenters. The number of hydrogen-bond donors (Lipinski definition) is 1. The van der Waals surface area contributed by atoms with Gasteiger partial charge < -0.3 is 10.0 Å². The van der Waals surface area contributed by atoms with E-state index in [1.54, 1.807) is 0 Å². The second-order valence-corrected chi connectivity index (χ2v) is 5.53. The molecule has 1 aliphatic rings. The fraction of sp³-hybridized carbons (Fsp3) is 0.778. The van der Waals surface area contributed by atoms with Crippen molar-refractivity contribution in [3.63, 3.8) is 0 Å². The van der Waals surface area contributed by atoms with Gasteiger partial charge in [-0.3, -0.25) is 9.59 Å². The summed E-state index contributed by atoms with van der Waals surface area (Å²) in [5.41, 5.74) is 0. The van der Waals surface area contributed by atoms with E-state index in [-0.39, 0.29) is 23.5 Å². The fourth-order valence-electron chi connectivity index (χ4n) is 1.41. The van der Waals surface area contributed by atoms with Crippen molar-refractivity contribution in [1.82, 2.24) is 4.90 Å². The zero-order valence-corrected chi connectivity index (χ0v) is 10.3. The number of aliphatic carboxylic acids is 1. The Morgan fingerprint density at radius 3 is 2.87 bits per heavy atom. The molecule has 0 radical (unpaired) electrons. The third-order valence-corrected chi connectivity index (χ3v) is 4.23. The van der Waals surface area contributed by atoms with Crippen LogP contribution in [0.3, 0.4) is 0 Å². The summed E-state index contributed by atoms with van der Waals surface area (Å²) in [7, 11) is 0. The Morgan fingerprint density at radius 2 is 2.27 bits per heavy atom. The van der Waals surface area contributed by atoms with Gasteiger partial charge in [-0.05, 0) is 6.92 Å². The van der Waals surface area contributed by atoms with E-state index in [2.05, 4.69) is 0 Å². The van der Waals surface area contributed by atoms with Gasteiger partial charge in [-0.25, -0.2) is 0 Å². The summed E-state index contributed by atoms with van der Waals surface area (Å²) in [5, 5.41) is 8.44. The van der Waals surface area contributed by atoms with E-state index in [4.69, 9.17) is 5.11 Å². The van der Waals surface area contributed by atoms with Gasteiger partial charge in [0.15, 0.2) is 0 Å². The minimum Gasteiger partial charge on any atom is -0.481 e. The van der Waals surface area contributed by atoms with Crippen molar-refractivity contribution < 1.29 is 14.7 Å². The Bertz CT molecular complexity index is 248. The summed E-state index contributed by atoms with van der Waals surface area (Å²) in [6, 6.07) is 0.279. The summed E-state index contributed by atoms with van der Waals surface area (Å²) in [5.74, 6) is 1.45. The summed E-state index contributed by atoms with van der Waals surface area (Å²) < 4.78 is 0. The lowest BCUT2D eigenvalue weighted by atomic mass is 10.3. The number of amides is 1. The van der Waals surface area contributed by atoms with Crippen LogP contribution in [-0.4, -0.2) is 57.5 Å². The Hall–Kier alpha value is -0.360. The third-order valence-electron chi connectivity index (χ3n) is 2.14. The number of carbonyl (C=O) groups excluding carboxylic acids is 1. The molecular formula is C9H15NO3S2. The molecule has 0 aromatic rings. The first-order chi connectivity index (χ1) is 7.11. The van der Waals surface area contributed by atoms with Crippen molar-refractivity contribution in [3.05, 3.63) is 0 Å². The van der Waals surface area contributed by atoms with Crippen molar-refractivity contribution in [2.24, 2.45) is 0 Å². The average Bonchev–Trinajstić information content (AvgIpc) is 2.17. The number of rotatable bonds is 4. The molecule has 1 rings (SSSR count). The van der Waals surface area contributed by atoms with Gasteiger partial charge in [0.1, 0.15) is 0 Å². The second-order valence-electron chi connectivity index (χ2n) is 3.40. The fourth-order valence-corrected chi connectivity index (χ4v) is 3.04. The minimum absolute atomic E-state index is 0.00269. The molecule has 1 N–H and O–H groups in total. The molecule has 1 atom stereocenters. The van der Waals surface area contributed by atoms with Crippen LogP contribution in [0, 0.1) is 0 Å². The standard InChI is InChI=1S/C9H15NO3S2/c1-7-4-14-3-2-10(7)8(11)5-15-6-9(12)13/h7H,2-6H2,1H3,(H,12,13). The summed E-state index contributed by atoms with van der Waals surface area (Å²) in [6.07, 6.45) is 0. The zero-order valence-electron chi connectivity index (χ0n) is 8.64. The predicted molar refractivity (Wildman–Crippen MR) is 63.5 cm³/mol. The lowest BCUT2D eigenvalue weighted by Gasteiger charge is -2.33. The van der Waals surface area contributed by atoms with Crippen LogP contribution >= 0.6 is 23.5 Å². The van der Waals surface area contributed by atoms with E-state index >= 15 is 0 Å². The second kappa shape index (κ2) is 6.27. The molecule has 0 aliphatic carbocycles. The van der Waals surface area contributed by atoms with E-state index in [1.807, 2.05) is 23.6 Å². The molecule has 0 spiro atoms. The lowest BCUT2D eigenvalue weighted by Crippen LogP contribution is -2.45. The topological polar surface area (TPSA) is 57.6 Å². The molecule has 1 amide bonds. The maximum Gasteiger partial charge on any atom is 0.313 e. The van der Waals surface area contributed by atoms with Crippen LogP contribution in [0.5, 0.6) is 0 Å². The summed E-state index contributed by atoms with van der Waals surface area (Å²) in [4.78, 5) is 23.8. The number of thioether (sulfide) groups is 2. The highest BCUT2D eigenvalue weighted by molar-refractivity contribution is 8.00. The van der Waals surface area contributed by atoms with Crippen LogP contribution < -0.4 is 0 Å². The first kappa shape index (κ1) is 12.7. The van der Waals surface area contributed by atoms with Gasteiger partial charge in [-0.15, -0.1) is 11.8 Å². The molecule has 6 heteroatoms. The molecule has 0 bridgehead atoms. The molecule has 1 fully saturated rings.